The molecule has 2 aromatic carbocycles. The van der Waals surface area contributed by atoms with Crippen molar-refractivity contribution in [3.05, 3.63) is 54.6 Å². The number of nitrogens with zero attached hydrogens (tertiary/aromatic N) is 1. The van der Waals surface area contributed by atoms with Gasteiger partial charge in [0.1, 0.15) is 0 Å². The van der Waals surface area contributed by atoms with Gasteiger partial charge in [0.15, 0.2) is 0 Å². The molecule has 1 amide bonds. The molecule has 0 aromatic heterocycles. The summed E-state index contributed by atoms with van der Waals surface area (Å²) in [6.45, 7) is 0. The first-order valence-electron chi connectivity index (χ1n) is 6.20. The highest BCUT2D eigenvalue weighted by Crippen LogP contribution is 2.25. The summed E-state index contributed by atoms with van der Waals surface area (Å²) >= 11 is 1.06. The summed E-state index contributed by atoms with van der Waals surface area (Å²) in [5, 5.41) is -0.103. The number of benzene rings is 2. The highest BCUT2D eigenvalue weighted by molar-refractivity contribution is 8.13. The van der Waals surface area contributed by atoms with Crippen molar-refractivity contribution in [1.82, 2.24) is 4.90 Å². The zero-order valence-electron chi connectivity index (χ0n) is 11.7. The molecular weight excluding hydrogens is 306 g/mol. The third kappa shape index (κ3) is 3.65. The van der Waals surface area contributed by atoms with Gasteiger partial charge in [-0.25, -0.2) is 8.42 Å². The Kier molecular flexibility index (Phi) is 4.69. The van der Waals surface area contributed by atoms with Gasteiger partial charge in [0, 0.05) is 19.0 Å². The van der Waals surface area contributed by atoms with Crippen LogP contribution in [0.2, 0.25) is 0 Å². The van der Waals surface area contributed by atoms with Crippen LogP contribution in [0.25, 0.3) is 0 Å². The Hall–Kier alpha value is -1.79. The van der Waals surface area contributed by atoms with Crippen LogP contribution in [0.4, 0.5) is 4.79 Å². The molecule has 0 saturated carbocycles. The van der Waals surface area contributed by atoms with Crippen LogP contribution in [0.15, 0.2) is 69.3 Å². The van der Waals surface area contributed by atoms with E-state index in [9.17, 15) is 13.2 Å². The lowest BCUT2D eigenvalue weighted by atomic mass is 10.4. The molecule has 21 heavy (non-hydrogen) atoms. The number of sulfone groups is 1. The van der Waals surface area contributed by atoms with Crippen molar-refractivity contribution in [3.8, 4) is 0 Å². The average Bonchev–Trinajstić information content (AvgIpc) is 2.48. The van der Waals surface area contributed by atoms with Crippen LogP contribution in [0.3, 0.4) is 0 Å². The van der Waals surface area contributed by atoms with Crippen LogP contribution < -0.4 is 0 Å². The Morgan fingerprint density at radius 3 is 1.95 bits per heavy atom. The molecule has 0 saturated heterocycles. The van der Waals surface area contributed by atoms with Gasteiger partial charge in [-0.05, 0) is 48.2 Å². The molecule has 0 bridgehead atoms. The van der Waals surface area contributed by atoms with Crippen molar-refractivity contribution in [2.45, 2.75) is 14.7 Å². The predicted molar refractivity (Wildman–Crippen MR) is 83.3 cm³/mol. The van der Waals surface area contributed by atoms with Crippen molar-refractivity contribution in [2.75, 3.05) is 14.1 Å². The first kappa shape index (κ1) is 15.6. The fraction of sp³-hybridized carbons (Fsp3) is 0.133. The minimum absolute atomic E-state index is 0.103. The number of amides is 1. The normalized spacial score (nSPS) is 11.1. The van der Waals surface area contributed by atoms with Gasteiger partial charge in [-0.3, -0.25) is 4.79 Å². The van der Waals surface area contributed by atoms with Crippen LogP contribution >= 0.6 is 11.8 Å². The van der Waals surface area contributed by atoms with Crippen molar-refractivity contribution in [2.24, 2.45) is 0 Å². The Labute approximate surface area is 128 Å². The molecule has 0 heterocycles. The molecule has 4 nitrogen and oxygen atoms in total. The number of rotatable bonds is 3. The van der Waals surface area contributed by atoms with E-state index in [0.717, 1.165) is 11.8 Å². The molecule has 0 aliphatic rings. The van der Waals surface area contributed by atoms with E-state index in [1.807, 2.05) is 0 Å². The quantitative estimate of drug-likeness (QED) is 0.814. The van der Waals surface area contributed by atoms with E-state index in [4.69, 9.17) is 0 Å². The van der Waals surface area contributed by atoms with E-state index in [0.29, 0.717) is 4.90 Å². The van der Waals surface area contributed by atoms with Crippen molar-refractivity contribution in [1.29, 1.82) is 0 Å². The number of hydrogen-bond acceptors (Lipinski definition) is 4. The maximum absolute atomic E-state index is 12.4. The zero-order chi connectivity index (χ0) is 15.5. The SMILES string of the molecule is CN(C)C(=O)Sc1ccc(S(=O)(=O)c2ccccc2)cc1. The molecular formula is C15H15NO3S2. The molecule has 0 spiro atoms. The van der Waals surface area contributed by atoms with Crippen LogP contribution in [0, 0.1) is 0 Å². The molecule has 0 atom stereocenters. The van der Waals surface area contributed by atoms with Crippen molar-refractivity contribution in [3.63, 3.8) is 0 Å². The molecule has 2 rings (SSSR count). The maximum atomic E-state index is 12.4. The zero-order valence-corrected chi connectivity index (χ0v) is 13.3. The number of thioether (sulfide) groups is 1. The summed E-state index contributed by atoms with van der Waals surface area (Å²) in [6.07, 6.45) is 0. The third-order valence-electron chi connectivity index (χ3n) is 2.76. The van der Waals surface area contributed by atoms with E-state index in [2.05, 4.69) is 0 Å². The van der Waals surface area contributed by atoms with E-state index >= 15 is 0 Å². The fourth-order valence-corrected chi connectivity index (χ4v) is 3.55. The van der Waals surface area contributed by atoms with E-state index in [1.165, 1.54) is 17.0 Å². The van der Waals surface area contributed by atoms with E-state index in [1.54, 1.807) is 56.6 Å². The minimum Gasteiger partial charge on any atom is -0.339 e. The van der Waals surface area contributed by atoms with Crippen LogP contribution in [0.5, 0.6) is 0 Å². The first-order valence-corrected chi connectivity index (χ1v) is 8.50. The predicted octanol–water partition coefficient (Wildman–Crippen LogP) is 3.29. The average molecular weight is 321 g/mol. The Morgan fingerprint density at radius 1 is 0.905 bits per heavy atom. The van der Waals surface area contributed by atoms with Crippen LogP contribution in [-0.2, 0) is 9.84 Å². The van der Waals surface area contributed by atoms with Gasteiger partial charge in [-0.15, -0.1) is 0 Å². The van der Waals surface area contributed by atoms with Crippen LogP contribution in [0.1, 0.15) is 0 Å². The lowest BCUT2D eigenvalue weighted by Crippen LogP contribution is -2.15. The lowest BCUT2D eigenvalue weighted by Gasteiger charge is -2.09. The topological polar surface area (TPSA) is 54.5 Å². The molecule has 0 unspecified atom stereocenters. The summed E-state index contributed by atoms with van der Waals surface area (Å²) in [6, 6.07) is 14.6. The molecule has 6 heteroatoms. The Balaban J connectivity index is 2.25. The fourth-order valence-electron chi connectivity index (χ4n) is 1.61. The lowest BCUT2D eigenvalue weighted by molar-refractivity contribution is 0.241. The second kappa shape index (κ2) is 6.32. The number of carbonyl (C=O) groups is 1. The Morgan fingerprint density at radius 2 is 1.43 bits per heavy atom. The van der Waals surface area contributed by atoms with E-state index in [-0.39, 0.29) is 15.0 Å². The second-order valence-electron chi connectivity index (χ2n) is 4.55. The van der Waals surface area contributed by atoms with Crippen LogP contribution in [-0.4, -0.2) is 32.7 Å². The highest BCUT2D eigenvalue weighted by Gasteiger charge is 2.17. The summed E-state index contributed by atoms with van der Waals surface area (Å²) in [5.74, 6) is 0. The van der Waals surface area contributed by atoms with E-state index < -0.39 is 9.84 Å². The van der Waals surface area contributed by atoms with Crippen molar-refractivity contribution < 1.29 is 13.2 Å². The highest BCUT2D eigenvalue weighted by atomic mass is 32.2. The summed E-state index contributed by atoms with van der Waals surface area (Å²) in [4.78, 5) is 14.2. The monoisotopic (exact) mass is 321 g/mol. The van der Waals surface area contributed by atoms with Gasteiger partial charge in [-0.2, -0.15) is 0 Å². The standard InChI is InChI=1S/C15H15NO3S2/c1-16(2)15(17)20-12-8-10-14(11-9-12)21(18,19)13-6-4-3-5-7-13/h3-11H,1-2H3. The minimum atomic E-state index is -3.51. The molecule has 0 radical (unpaired) electrons. The molecule has 0 aliphatic carbocycles. The molecule has 0 aliphatic heterocycles. The number of hydrogen-bond donors (Lipinski definition) is 0. The second-order valence-corrected chi connectivity index (χ2v) is 7.52. The van der Waals surface area contributed by atoms with Gasteiger partial charge in [-0.1, -0.05) is 18.2 Å². The molecule has 110 valence electrons. The van der Waals surface area contributed by atoms with Gasteiger partial charge in [0.25, 0.3) is 5.24 Å². The molecule has 2 aromatic rings. The Bertz CT molecular complexity index is 723. The summed E-state index contributed by atoms with van der Waals surface area (Å²) in [7, 11) is -0.165. The molecule has 0 fully saturated rings. The smallest absolute Gasteiger partial charge is 0.285 e. The maximum Gasteiger partial charge on any atom is 0.285 e. The number of carbonyl (C=O) groups excluding carboxylic acids is 1. The summed E-state index contributed by atoms with van der Waals surface area (Å²) < 4.78 is 24.8. The summed E-state index contributed by atoms with van der Waals surface area (Å²) in [5.41, 5.74) is 0. The van der Waals surface area contributed by atoms with Gasteiger partial charge in [0.05, 0.1) is 9.79 Å². The van der Waals surface area contributed by atoms with Crippen molar-refractivity contribution >= 4 is 26.8 Å². The first-order chi connectivity index (χ1) is 9.91. The van der Waals surface area contributed by atoms with Gasteiger partial charge < -0.3 is 4.90 Å². The molecule has 0 N–H and O–H groups in total. The van der Waals surface area contributed by atoms with Gasteiger partial charge in [0.2, 0.25) is 9.84 Å². The van der Waals surface area contributed by atoms with Gasteiger partial charge >= 0.3 is 0 Å². The largest absolute Gasteiger partial charge is 0.339 e. The third-order valence-corrected chi connectivity index (χ3v) is 5.59.